The van der Waals surface area contributed by atoms with Crippen LogP contribution < -0.4 is 11.5 Å². The molecule has 0 aliphatic heterocycles. The topological polar surface area (TPSA) is 64.9 Å². The zero-order valence-electron chi connectivity index (χ0n) is 6.55. The summed E-state index contributed by atoms with van der Waals surface area (Å²) in [6.07, 6.45) is -4.38. The number of hydrogen-bond acceptors (Lipinski definition) is 3. The lowest BCUT2D eigenvalue weighted by molar-refractivity contribution is 0.0498. The Bertz CT molecular complexity index is 303. The second kappa shape index (κ2) is 3.51. The van der Waals surface area contributed by atoms with Crippen LogP contribution in [0.5, 0.6) is 0 Å². The molecule has 1 heterocycles. The minimum absolute atomic E-state index is 0.104. The molecule has 0 aliphatic carbocycles. The molecule has 0 saturated heterocycles. The summed E-state index contributed by atoms with van der Waals surface area (Å²) in [5.74, 6) is -0.262. The van der Waals surface area contributed by atoms with Gasteiger partial charge in [0.15, 0.2) is 6.17 Å². The summed E-state index contributed by atoms with van der Waals surface area (Å²) in [6, 6.07) is 1.05. The van der Waals surface area contributed by atoms with Gasteiger partial charge < -0.3 is 11.5 Å². The van der Waals surface area contributed by atoms with Crippen LogP contribution in [0.2, 0.25) is 0 Å². The number of aromatic nitrogens is 1. The molecule has 1 rings (SSSR count). The van der Waals surface area contributed by atoms with Gasteiger partial charge in [-0.3, -0.25) is 0 Å². The Balaban J connectivity index is 3.05. The lowest BCUT2D eigenvalue weighted by Crippen LogP contribution is -2.08. The average Bonchev–Trinajstić information content (AvgIpc) is 2.08. The molecule has 6 heteroatoms. The van der Waals surface area contributed by atoms with Crippen molar-refractivity contribution < 1.29 is 13.2 Å². The van der Waals surface area contributed by atoms with Crippen LogP contribution in [0.4, 0.5) is 24.7 Å². The fourth-order valence-corrected chi connectivity index (χ4v) is 0.866. The molecule has 0 spiro atoms. The van der Waals surface area contributed by atoms with Gasteiger partial charge >= 0.3 is 0 Å². The number of nitrogen functional groups attached to an aromatic ring is 2. The molecule has 0 amide bonds. The zero-order valence-corrected chi connectivity index (χ0v) is 6.55. The predicted molar refractivity (Wildman–Crippen MR) is 42.9 cm³/mol. The van der Waals surface area contributed by atoms with Crippen LogP contribution >= 0.6 is 0 Å². The molecule has 0 aliphatic rings. The Hall–Kier alpha value is -1.46. The van der Waals surface area contributed by atoms with E-state index in [0.717, 1.165) is 6.07 Å². The average molecular weight is 191 g/mol. The van der Waals surface area contributed by atoms with Crippen LogP contribution in [0.3, 0.4) is 0 Å². The number of hydrogen-bond donors (Lipinski definition) is 2. The second-order valence-corrected chi connectivity index (χ2v) is 2.48. The van der Waals surface area contributed by atoms with Crippen molar-refractivity contribution in [3.63, 3.8) is 0 Å². The maximum absolute atomic E-state index is 12.8. The fraction of sp³-hybridized carbons (Fsp3) is 0.286. The van der Waals surface area contributed by atoms with Crippen LogP contribution in [0, 0.1) is 0 Å². The van der Waals surface area contributed by atoms with E-state index in [-0.39, 0.29) is 17.1 Å². The van der Waals surface area contributed by atoms with Gasteiger partial charge in [0, 0.05) is 5.56 Å². The maximum atomic E-state index is 12.8. The van der Waals surface area contributed by atoms with Gasteiger partial charge in [0.1, 0.15) is 5.82 Å². The van der Waals surface area contributed by atoms with Crippen LogP contribution in [-0.4, -0.2) is 11.4 Å². The number of alkyl halides is 3. The molecule has 1 atom stereocenters. The van der Waals surface area contributed by atoms with Crippen molar-refractivity contribution in [1.29, 1.82) is 0 Å². The fourth-order valence-electron chi connectivity index (χ4n) is 0.866. The Labute approximate surface area is 72.6 Å². The molecule has 1 aromatic heterocycles. The highest BCUT2D eigenvalue weighted by Gasteiger charge is 2.24. The second-order valence-electron chi connectivity index (χ2n) is 2.48. The molecule has 0 aromatic carbocycles. The van der Waals surface area contributed by atoms with E-state index in [0.29, 0.717) is 0 Å². The van der Waals surface area contributed by atoms with Gasteiger partial charge in [-0.15, -0.1) is 0 Å². The molecule has 13 heavy (non-hydrogen) atoms. The maximum Gasteiger partial charge on any atom is 0.273 e. The minimum Gasteiger partial charge on any atom is -0.397 e. The van der Waals surface area contributed by atoms with E-state index in [1.165, 1.54) is 6.20 Å². The third-order valence-corrected chi connectivity index (χ3v) is 1.49. The summed E-state index contributed by atoms with van der Waals surface area (Å²) in [4.78, 5) is 3.46. The van der Waals surface area contributed by atoms with Crippen molar-refractivity contribution in [3.8, 4) is 0 Å². The predicted octanol–water partition coefficient (Wildman–Crippen LogP) is 1.52. The van der Waals surface area contributed by atoms with Crippen molar-refractivity contribution in [2.24, 2.45) is 0 Å². The highest BCUT2D eigenvalue weighted by molar-refractivity contribution is 5.49. The van der Waals surface area contributed by atoms with Gasteiger partial charge in [-0.25, -0.2) is 18.2 Å². The standard InChI is InChI=1S/C7H8F3N3/c8-5(6(9)10)4-1-3(11)2-13-7(4)12/h1-2,5-6H,11H2,(H2,12,13). The van der Waals surface area contributed by atoms with E-state index in [1.54, 1.807) is 0 Å². The molecule has 1 unspecified atom stereocenters. The third kappa shape index (κ3) is 2.01. The SMILES string of the molecule is Nc1cnc(N)c(C(F)C(F)F)c1. The van der Waals surface area contributed by atoms with Gasteiger partial charge in [0.05, 0.1) is 11.9 Å². The van der Waals surface area contributed by atoms with Crippen molar-refractivity contribution in [2.75, 3.05) is 11.5 Å². The summed E-state index contributed by atoms with van der Waals surface area (Å²) in [6.45, 7) is 0. The van der Waals surface area contributed by atoms with Crippen LogP contribution in [0.25, 0.3) is 0 Å². The number of pyridine rings is 1. The first kappa shape index (κ1) is 9.63. The highest BCUT2D eigenvalue weighted by Crippen LogP contribution is 2.29. The Morgan fingerprint density at radius 2 is 1.85 bits per heavy atom. The van der Waals surface area contributed by atoms with E-state index >= 15 is 0 Å². The van der Waals surface area contributed by atoms with E-state index in [4.69, 9.17) is 11.5 Å². The molecule has 72 valence electrons. The number of halogens is 3. The summed E-state index contributed by atoms with van der Waals surface area (Å²) < 4.78 is 36.6. The first-order valence-electron chi connectivity index (χ1n) is 3.45. The largest absolute Gasteiger partial charge is 0.397 e. The van der Waals surface area contributed by atoms with Gasteiger partial charge in [-0.05, 0) is 6.07 Å². The molecule has 0 saturated carbocycles. The summed E-state index contributed by atoms with van der Waals surface area (Å²) in [5, 5.41) is 0. The first-order chi connectivity index (χ1) is 6.02. The summed E-state index contributed by atoms with van der Waals surface area (Å²) in [5.41, 5.74) is 10.2. The van der Waals surface area contributed by atoms with Crippen LogP contribution in [-0.2, 0) is 0 Å². The number of nitrogens with two attached hydrogens (primary N) is 2. The lowest BCUT2D eigenvalue weighted by Gasteiger charge is -2.09. The first-order valence-corrected chi connectivity index (χ1v) is 3.45. The highest BCUT2D eigenvalue weighted by atomic mass is 19.3. The monoisotopic (exact) mass is 191 g/mol. The van der Waals surface area contributed by atoms with E-state index in [9.17, 15) is 13.2 Å². The Kier molecular flexibility index (Phi) is 2.60. The van der Waals surface area contributed by atoms with Crippen molar-refractivity contribution in [1.82, 2.24) is 4.98 Å². The lowest BCUT2D eigenvalue weighted by atomic mass is 10.1. The smallest absolute Gasteiger partial charge is 0.273 e. The molecule has 1 aromatic rings. The molecule has 0 fully saturated rings. The molecule has 4 N–H and O–H groups in total. The number of nitrogens with zero attached hydrogens (tertiary/aromatic N) is 1. The van der Waals surface area contributed by atoms with Gasteiger partial charge in [0.2, 0.25) is 0 Å². The van der Waals surface area contributed by atoms with Gasteiger partial charge in [0.25, 0.3) is 6.43 Å². The normalized spacial score (nSPS) is 13.2. The summed E-state index contributed by atoms with van der Waals surface area (Å²) in [7, 11) is 0. The van der Waals surface area contributed by atoms with E-state index in [2.05, 4.69) is 4.98 Å². The summed E-state index contributed by atoms with van der Waals surface area (Å²) >= 11 is 0. The van der Waals surface area contributed by atoms with Gasteiger partial charge in [-0.1, -0.05) is 0 Å². The van der Waals surface area contributed by atoms with Crippen LogP contribution in [0.1, 0.15) is 11.7 Å². The van der Waals surface area contributed by atoms with E-state index < -0.39 is 12.6 Å². The number of rotatable bonds is 2. The molecular formula is C7H8F3N3. The Morgan fingerprint density at radius 3 is 2.38 bits per heavy atom. The quantitative estimate of drug-likeness (QED) is 0.744. The zero-order chi connectivity index (χ0) is 10.0. The molecule has 0 radical (unpaired) electrons. The van der Waals surface area contributed by atoms with Crippen LogP contribution in [0.15, 0.2) is 12.3 Å². The molecule has 3 nitrogen and oxygen atoms in total. The minimum atomic E-state index is -3.12. The van der Waals surface area contributed by atoms with Crippen molar-refractivity contribution in [3.05, 3.63) is 17.8 Å². The van der Waals surface area contributed by atoms with Crippen molar-refractivity contribution in [2.45, 2.75) is 12.6 Å². The number of anilines is 2. The molecule has 0 bridgehead atoms. The van der Waals surface area contributed by atoms with E-state index in [1.807, 2.05) is 0 Å². The Morgan fingerprint density at radius 1 is 1.23 bits per heavy atom. The third-order valence-electron chi connectivity index (χ3n) is 1.49. The van der Waals surface area contributed by atoms with Crippen molar-refractivity contribution >= 4 is 11.5 Å². The molecular weight excluding hydrogens is 183 g/mol. The van der Waals surface area contributed by atoms with Gasteiger partial charge in [-0.2, -0.15) is 0 Å².